The summed E-state index contributed by atoms with van der Waals surface area (Å²) in [5, 5.41) is 3.42. The van der Waals surface area contributed by atoms with Gasteiger partial charge in [0.25, 0.3) is 5.91 Å². The monoisotopic (exact) mass is 428 g/mol. The van der Waals surface area contributed by atoms with Gasteiger partial charge in [-0.15, -0.1) is 11.3 Å². The van der Waals surface area contributed by atoms with E-state index < -0.39 is 17.5 Å². The molecule has 3 rings (SSSR count). The number of carbonyl (C=O) groups is 3. The molecule has 2 aromatic rings. The van der Waals surface area contributed by atoms with Crippen LogP contribution in [0.1, 0.15) is 54.9 Å². The molecule has 1 N–H and O–H groups in total. The number of amides is 2. The number of nitrogens with one attached hydrogen (secondary N) is 1. The van der Waals surface area contributed by atoms with Crippen LogP contribution >= 0.6 is 11.3 Å². The highest BCUT2D eigenvalue weighted by Crippen LogP contribution is 2.30. The van der Waals surface area contributed by atoms with Crippen molar-refractivity contribution in [1.82, 2.24) is 0 Å². The molecule has 1 aliphatic rings. The van der Waals surface area contributed by atoms with Crippen LogP contribution in [0.2, 0.25) is 0 Å². The molecular weight excluding hydrogens is 400 g/mol. The lowest BCUT2D eigenvalue weighted by atomic mass is 9.96. The van der Waals surface area contributed by atoms with E-state index in [1.165, 1.54) is 0 Å². The van der Waals surface area contributed by atoms with Crippen molar-refractivity contribution in [3.05, 3.63) is 46.3 Å². The number of esters is 1. The number of thiophene rings is 1. The number of rotatable bonds is 4. The van der Waals surface area contributed by atoms with E-state index in [2.05, 4.69) is 5.32 Å². The molecule has 7 heteroatoms. The van der Waals surface area contributed by atoms with Crippen LogP contribution in [0.4, 0.5) is 10.7 Å². The topological polar surface area (TPSA) is 75.7 Å². The van der Waals surface area contributed by atoms with Gasteiger partial charge in [-0.05, 0) is 49.9 Å². The standard InChI is InChI=1S/C23H28N2O4S/c1-14-13-18(24-22(28)23(3,4)5)30-19(14)21(27)29-15(2)20(26)25-12-8-10-16-9-6-7-11-17(16)25/h6-7,9,11,13,15H,8,10,12H2,1-5H3,(H,24,28). The van der Waals surface area contributed by atoms with Crippen molar-refractivity contribution in [2.45, 2.75) is 53.6 Å². The van der Waals surface area contributed by atoms with Crippen LogP contribution in [0.5, 0.6) is 0 Å². The lowest BCUT2D eigenvalue weighted by molar-refractivity contribution is -0.126. The first kappa shape index (κ1) is 22.0. The average Bonchev–Trinajstić information content (AvgIpc) is 3.06. The number of nitrogens with zero attached hydrogens (tertiary/aromatic N) is 1. The van der Waals surface area contributed by atoms with Crippen molar-refractivity contribution in [3.63, 3.8) is 0 Å². The number of hydrogen-bond donors (Lipinski definition) is 1. The molecule has 1 aliphatic heterocycles. The predicted octanol–water partition coefficient (Wildman–Crippen LogP) is 4.57. The maximum absolute atomic E-state index is 13.0. The Morgan fingerprint density at radius 1 is 1.20 bits per heavy atom. The normalized spacial score (nSPS) is 14.6. The molecule has 0 saturated carbocycles. The summed E-state index contributed by atoms with van der Waals surface area (Å²) in [6.45, 7) is 9.46. The Labute approximate surface area is 181 Å². The summed E-state index contributed by atoms with van der Waals surface area (Å²) < 4.78 is 5.50. The van der Waals surface area contributed by atoms with Crippen LogP contribution in [0.25, 0.3) is 0 Å². The highest BCUT2D eigenvalue weighted by molar-refractivity contribution is 7.18. The third-order valence-corrected chi connectivity index (χ3v) is 6.16. The zero-order valence-electron chi connectivity index (χ0n) is 18.1. The minimum absolute atomic E-state index is 0.129. The molecule has 1 aromatic heterocycles. The van der Waals surface area contributed by atoms with E-state index in [4.69, 9.17) is 4.74 Å². The molecule has 0 aliphatic carbocycles. The van der Waals surface area contributed by atoms with Gasteiger partial charge in [0.05, 0.1) is 5.00 Å². The number of aryl methyl sites for hydroxylation is 2. The highest BCUT2D eigenvalue weighted by atomic mass is 32.1. The van der Waals surface area contributed by atoms with E-state index in [1.54, 1.807) is 24.8 Å². The van der Waals surface area contributed by atoms with Gasteiger partial charge >= 0.3 is 5.97 Å². The molecule has 2 amide bonds. The molecule has 0 bridgehead atoms. The molecule has 0 radical (unpaired) electrons. The summed E-state index contributed by atoms with van der Waals surface area (Å²) >= 11 is 1.16. The van der Waals surface area contributed by atoms with Crippen LogP contribution in [0.15, 0.2) is 30.3 Å². The fraction of sp³-hybridized carbons (Fsp3) is 0.435. The van der Waals surface area contributed by atoms with Gasteiger partial charge in [0.1, 0.15) is 4.88 Å². The Bertz CT molecular complexity index is 974. The molecule has 2 heterocycles. The maximum atomic E-state index is 13.0. The lowest BCUT2D eigenvalue weighted by Crippen LogP contribution is -2.42. The van der Waals surface area contributed by atoms with Crippen molar-refractivity contribution in [3.8, 4) is 0 Å². The van der Waals surface area contributed by atoms with Gasteiger partial charge in [0, 0.05) is 17.6 Å². The van der Waals surface area contributed by atoms with Crippen molar-refractivity contribution in [2.75, 3.05) is 16.8 Å². The Kier molecular flexibility index (Phi) is 6.31. The highest BCUT2D eigenvalue weighted by Gasteiger charge is 2.30. The Morgan fingerprint density at radius 2 is 1.90 bits per heavy atom. The van der Waals surface area contributed by atoms with Gasteiger partial charge < -0.3 is 15.0 Å². The van der Waals surface area contributed by atoms with E-state index in [-0.39, 0.29) is 11.8 Å². The fourth-order valence-electron chi connectivity index (χ4n) is 3.29. The van der Waals surface area contributed by atoms with Crippen molar-refractivity contribution in [1.29, 1.82) is 0 Å². The fourth-order valence-corrected chi connectivity index (χ4v) is 4.24. The van der Waals surface area contributed by atoms with Gasteiger partial charge in [-0.3, -0.25) is 9.59 Å². The summed E-state index contributed by atoms with van der Waals surface area (Å²) in [6.07, 6.45) is 0.910. The van der Waals surface area contributed by atoms with Crippen LogP contribution in [0.3, 0.4) is 0 Å². The molecule has 0 fully saturated rings. The second kappa shape index (κ2) is 8.60. The zero-order valence-corrected chi connectivity index (χ0v) is 18.9. The summed E-state index contributed by atoms with van der Waals surface area (Å²) in [5.41, 5.74) is 2.18. The molecule has 6 nitrogen and oxygen atoms in total. The van der Waals surface area contributed by atoms with Gasteiger partial charge in [-0.25, -0.2) is 4.79 Å². The van der Waals surface area contributed by atoms with E-state index in [0.29, 0.717) is 22.0 Å². The Hall–Kier alpha value is -2.67. The smallest absolute Gasteiger partial charge is 0.349 e. The number of ether oxygens (including phenoxy) is 1. The second-order valence-corrected chi connectivity index (χ2v) is 9.65. The first-order valence-electron chi connectivity index (χ1n) is 10.1. The molecule has 0 spiro atoms. The van der Waals surface area contributed by atoms with Gasteiger partial charge in [-0.1, -0.05) is 39.0 Å². The van der Waals surface area contributed by atoms with E-state index in [9.17, 15) is 14.4 Å². The summed E-state index contributed by atoms with van der Waals surface area (Å²) in [4.78, 5) is 40.0. The van der Waals surface area contributed by atoms with Crippen LogP contribution in [-0.2, 0) is 20.7 Å². The number of fused-ring (bicyclic) bond motifs is 1. The van der Waals surface area contributed by atoms with Gasteiger partial charge in [0.2, 0.25) is 5.91 Å². The number of para-hydroxylation sites is 1. The van der Waals surface area contributed by atoms with Crippen LogP contribution in [0, 0.1) is 12.3 Å². The van der Waals surface area contributed by atoms with Gasteiger partial charge in [-0.2, -0.15) is 0 Å². The third-order valence-electron chi connectivity index (χ3n) is 5.03. The molecule has 1 atom stereocenters. The largest absolute Gasteiger partial charge is 0.448 e. The number of benzene rings is 1. The maximum Gasteiger partial charge on any atom is 0.349 e. The Balaban J connectivity index is 1.69. The lowest BCUT2D eigenvalue weighted by Gasteiger charge is -2.31. The minimum atomic E-state index is -0.905. The van der Waals surface area contributed by atoms with E-state index >= 15 is 0 Å². The summed E-state index contributed by atoms with van der Waals surface area (Å²) in [7, 11) is 0. The summed E-state index contributed by atoms with van der Waals surface area (Å²) in [5.74, 6) is -0.915. The van der Waals surface area contributed by atoms with E-state index in [1.807, 2.05) is 45.0 Å². The molecular formula is C23H28N2O4S. The number of anilines is 2. The van der Waals surface area contributed by atoms with E-state index in [0.717, 1.165) is 35.4 Å². The summed E-state index contributed by atoms with van der Waals surface area (Å²) in [6, 6.07) is 9.57. The second-order valence-electron chi connectivity index (χ2n) is 8.60. The molecule has 160 valence electrons. The first-order valence-corrected chi connectivity index (χ1v) is 10.9. The number of carbonyl (C=O) groups excluding carboxylic acids is 3. The third kappa shape index (κ3) is 4.73. The molecule has 1 aromatic carbocycles. The van der Waals surface area contributed by atoms with Crippen molar-refractivity contribution in [2.24, 2.45) is 5.41 Å². The first-order chi connectivity index (χ1) is 14.1. The Morgan fingerprint density at radius 3 is 2.60 bits per heavy atom. The number of hydrogen-bond acceptors (Lipinski definition) is 5. The SMILES string of the molecule is Cc1cc(NC(=O)C(C)(C)C)sc1C(=O)OC(C)C(=O)N1CCCc2ccccc21. The van der Waals surface area contributed by atoms with Crippen LogP contribution < -0.4 is 10.2 Å². The minimum Gasteiger partial charge on any atom is -0.448 e. The average molecular weight is 429 g/mol. The van der Waals surface area contributed by atoms with Crippen LogP contribution in [-0.4, -0.2) is 30.4 Å². The molecule has 1 unspecified atom stereocenters. The predicted molar refractivity (Wildman–Crippen MR) is 119 cm³/mol. The van der Waals surface area contributed by atoms with Crippen molar-refractivity contribution < 1.29 is 19.1 Å². The van der Waals surface area contributed by atoms with Crippen molar-refractivity contribution >= 4 is 39.8 Å². The molecule has 0 saturated heterocycles. The quantitative estimate of drug-likeness (QED) is 0.724. The zero-order chi connectivity index (χ0) is 22.1. The van der Waals surface area contributed by atoms with Gasteiger partial charge in [0.15, 0.2) is 6.10 Å². The molecule has 30 heavy (non-hydrogen) atoms.